The molecular formula is C16H27IN4O2. The van der Waals surface area contributed by atoms with Gasteiger partial charge in [0.2, 0.25) is 5.91 Å². The largest absolute Gasteiger partial charge is 0.496 e. The lowest BCUT2D eigenvalue weighted by atomic mass is 10.2. The van der Waals surface area contributed by atoms with Crippen LogP contribution in [0.15, 0.2) is 29.3 Å². The van der Waals surface area contributed by atoms with Crippen LogP contribution in [0.5, 0.6) is 5.75 Å². The van der Waals surface area contributed by atoms with E-state index in [9.17, 15) is 4.79 Å². The van der Waals surface area contributed by atoms with E-state index in [1.807, 2.05) is 36.2 Å². The number of nitrogens with zero attached hydrogens (tertiary/aromatic N) is 3. The van der Waals surface area contributed by atoms with Crippen molar-refractivity contribution in [3.05, 3.63) is 29.8 Å². The molecule has 0 saturated heterocycles. The summed E-state index contributed by atoms with van der Waals surface area (Å²) in [6.45, 7) is 1.23. The van der Waals surface area contributed by atoms with E-state index < -0.39 is 0 Å². The minimum atomic E-state index is 0. The number of halogens is 1. The molecule has 1 N–H and O–H groups in total. The van der Waals surface area contributed by atoms with Crippen LogP contribution in [0.2, 0.25) is 0 Å². The van der Waals surface area contributed by atoms with Gasteiger partial charge in [0, 0.05) is 53.3 Å². The molecule has 0 aliphatic rings. The number of aliphatic imine (C=N–C) groups is 1. The third kappa shape index (κ3) is 7.06. The van der Waals surface area contributed by atoms with Crippen LogP contribution in [0.1, 0.15) is 12.0 Å². The second kappa shape index (κ2) is 11.1. The van der Waals surface area contributed by atoms with E-state index in [1.165, 1.54) is 0 Å². The Hall–Kier alpha value is -1.51. The maximum atomic E-state index is 11.6. The molecule has 0 fully saturated rings. The molecule has 0 aromatic heterocycles. The van der Waals surface area contributed by atoms with Crippen molar-refractivity contribution < 1.29 is 9.53 Å². The average molecular weight is 434 g/mol. The van der Waals surface area contributed by atoms with Gasteiger partial charge in [0.1, 0.15) is 5.75 Å². The van der Waals surface area contributed by atoms with Crippen LogP contribution >= 0.6 is 24.0 Å². The molecule has 1 rings (SSSR count). The van der Waals surface area contributed by atoms with Crippen LogP contribution in [-0.4, -0.2) is 63.5 Å². The lowest BCUT2D eigenvalue weighted by molar-refractivity contribution is -0.128. The molecule has 7 heteroatoms. The van der Waals surface area contributed by atoms with Crippen LogP contribution in [0.25, 0.3) is 0 Å². The Bertz CT molecular complexity index is 521. The summed E-state index contributed by atoms with van der Waals surface area (Å²) < 4.78 is 5.36. The van der Waals surface area contributed by atoms with Crippen LogP contribution < -0.4 is 10.1 Å². The fraction of sp³-hybridized carbons (Fsp3) is 0.500. The van der Waals surface area contributed by atoms with Crippen molar-refractivity contribution in [3.8, 4) is 5.75 Å². The topological polar surface area (TPSA) is 57.2 Å². The first kappa shape index (κ1) is 21.5. The van der Waals surface area contributed by atoms with Crippen molar-refractivity contribution in [2.75, 3.05) is 41.8 Å². The minimum absolute atomic E-state index is 0. The Morgan fingerprint density at radius 2 is 1.91 bits per heavy atom. The van der Waals surface area contributed by atoms with E-state index >= 15 is 0 Å². The van der Waals surface area contributed by atoms with Crippen molar-refractivity contribution in [1.29, 1.82) is 0 Å². The maximum Gasteiger partial charge on any atom is 0.223 e. The number of amides is 1. The van der Waals surface area contributed by atoms with Gasteiger partial charge in [-0.25, -0.2) is 0 Å². The van der Waals surface area contributed by atoms with Gasteiger partial charge in [0.25, 0.3) is 0 Å². The smallest absolute Gasteiger partial charge is 0.223 e. The van der Waals surface area contributed by atoms with Gasteiger partial charge in [-0.2, -0.15) is 0 Å². The van der Waals surface area contributed by atoms with Gasteiger partial charge in [0.15, 0.2) is 5.96 Å². The fourth-order valence-corrected chi connectivity index (χ4v) is 2.05. The third-order valence-electron chi connectivity index (χ3n) is 3.29. The van der Waals surface area contributed by atoms with Crippen LogP contribution in [0.3, 0.4) is 0 Å². The number of carbonyl (C=O) groups is 1. The molecule has 0 aliphatic carbocycles. The van der Waals surface area contributed by atoms with Crippen LogP contribution in [0.4, 0.5) is 0 Å². The zero-order valence-corrected chi connectivity index (χ0v) is 16.8. The Kier molecular flexibility index (Phi) is 10.4. The molecule has 0 unspecified atom stereocenters. The highest BCUT2D eigenvalue weighted by atomic mass is 127. The number of para-hydroxylation sites is 1. The second-order valence-electron chi connectivity index (χ2n) is 5.18. The standard InChI is InChI=1S/C16H26N4O2.HI/c1-17-16(18-11-10-15(21)19(2)3)20(4)12-13-8-6-7-9-14(13)22-5;/h6-9H,10-12H2,1-5H3,(H,17,18);1H. The Morgan fingerprint density at radius 3 is 2.48 bits per heavy atom. The van der Waals surface area contributed by atoms with Gasteiger partial charge in [-0.05, 0) is 6.07 Å². The molecule has 1 amide bonds. The van der Waals surface area contributed by atoms with Crippen molar-refractivity contribution in [1.82, 2.24) is 15.1 Å². The van der Waals surface area contributed by atoms with Crippen molar-refractivity contribution in [3.63, 3.8) is 0 Å². The molecule has 1 aromatic rings. The summed E-state index contributed by atoms with van der Waals surface area (Å²) in [5.41, 5.74) is 1.08. The SMILES string of the molecule is CN=C(NCCC(=O)N(C)C)N(C)Cc1ccccc1OC.I. The Balaban J connectivity index is 0.00000484. The van der Waals surface area contributed by atoms with Gasteiger partial charge >= 0.3 is 0 Å². The van der Waals surface area contributed by atoms with Crippen molar-refractivity contribution >= 4 is 35.8 Å². The summed E-state index contributed by atoms with van der Waals surface area (Å²) in [5, 5.41) is 3.20. The Labute approximate surface area is 155 Å². The highest BCUT2D eigenvalue weighted by Gasteiger charge is 2.10. The number of ether oxygens (including phenoxy) is 1. The monoisotopic (exact) mass is 434 g/mol. The minimum Gasteiger partial charge on any atom is -0.496 e. The highest BCUT2D eigenvalue weighted by Crippen LogP contribution is 2.18. The summed E-state index contributed by atoms with van der Waals surface area (Å²) in [4.78, 5) is 19.4. The summed E-state index contributed by atoms with van der Waals surface area (Å²) >= 11 is 0. The molecule has 130 valence electrons. The molecule has 6 nitrogen and oxygen atoms in total. The number of rotatable bonds is 6. The number of hydrogen-bond acceptors (Lipinski definition) is 3. The normalized spacial score (nSPS) is 10.6. The van der Waals surface area contributed by atoms with E-state index in [2.05, 4.69) is 10.3 Å². The van der Waals surface area contributed by atoms with Crippen LogP contribution in [-0.2, 0) is 11.3 Å². The predicted molar refractivity (Wildman–Crippen MR) is 105 cm³/mol. The number of carbonyl (C=O) groups excluding carboxylic acids is 1. The fourth-order valence-electron chi connectivity index (χ4n) is 2.05. The number of benzene rings is 1. The number of guanidine groups is 1. The first-order valence-corrected chi connectivity index (χ1v) is 7.23. The van der Waals surface area contributed by atoms with Gasteiger partial charge in [-0.15, -0.1) is 24.0 Å². The molecule has 0 atom stereocenters. The van der Waals surface area contributed by atoms with E-state index in [4.69, 9.17) is 4.74 Å². The third-order valence-corrected chi connectivity index (χ3v) is 3.29. The second-order valence-corrected chi connectivity index (χ2v) is 5.18. The number of nitrogens with one attached hydrogen (secondary N) is 1. The molecule has 0 aliphatic heterocycles. The summed E-state index contributed by atoms with van der Waals surface area (Å²) in [7, 11) is 8.86. The van der Waals surface area contributed by atoms with Crippen molar-refractivity contribution in [2.24, 2.45) is 4.99 Å². The number of methoxy groups -OCH3 is 1. The predicted octanol–water partition coefficient (Wildman–Crippen LogP) is 1.80. The van der Waals surface area contributed by atoms with E-state index in [0.717, 1.165) is 17.3 Å². The molecule has 0 radical (unpaired) electrons. The zero-order chi connectivity index (χ0) is 16.5. The quantitative estimate of drug-likeness (QED) is 0.422. The number of hydrogen-bond donors (Lipinski definition) is 1. The van der Waals surface area contributed by atoms with E-state index in [0.29, 0.717) is 19.5 Å². The van der Waals surface area contributed by atoms with Gasteiger partial charge in [0.05, 0.1) is 7.11 Å². The molecule has 0 heterocycles. The molecule has 0 spiro atoms. The highest BCUT2D eigenvalue weighted by molar-refractivity contribution is 14.0. The molecule has 23 heavy (non-hydrogen) atoms. The van der Waals surface area contributed by atoms with Gasteiger partial charge < -0.3 is 19.9 Å². The lowest BCUT2D eigenvalue weighted by Gasteiger charge is -2.23. The Morgan fingerprint density at radius 1 is 1.26 bits per heavy atom. The average Bonchev–Trinajstić information content (AvgIpc) is 2.51. The lowest BCUT2D eigenvalue weighted by Crippen LogP contribution is -2.40. The first-order valence-electron chi connectivity index (χ1n) is 7.23. The summed E-state index contributed by atoms with van der Waals surface area (Å²) in [5.74, 6) is 1.69. The molecule has 1 aromatic carbocycles. The summed E-state index contributed by atoms with van der Waals surface area (Å²) in [6, 6.07) is 7.90. The van der Waals surface area contributed by atoms with Gasteiger partial charge in [-0.1, -0.05) is 18.2 Å². The molecule has 0 saturated carbocycles. The molecule has 0 bridgehead atoms. The van der Waals surface area contributed by atoms with Crippen molar-refractivity contribution in [2.45, 2.75) is 13.0 Å². The summed E-state index contributed by atoms with van der Waals surface area (Å²) in [6.07, 6.45) is 0.439. The van der Waals surface area contributed by atoms with Crippen LogP contribution in [0, 0.1) is 0 Å². The van der Waals surface area contributed by atoms with Gasteiger partial charge in [-0.3, -0.25) is 9.79 Å². The first-order chi connectivity index (χ1) is 10.5. The zero-order valence-electron chi connectivity index (χ0n) is 14.5. The maximum absolute atomic E-state index is 11.6. The molecular weight excluding hydrogens is 407 g/mol. The van der Waals surface area contributed by atoms with E-state index in [1.54, 1.807) is 33.2 Å². The van der Waals surface area contributed by atoms with E-state index in [-0.39, 0.29) is 29.9 Å².